The third-order valence-corrected chi connectivity index (χ3v) is 10.3. The highest BCUT2D eigenvalue weighted by Crippen LogP contribution is 2.39. The summed E-state index contributed by atoms with van der Waals surface area (Å²) in [6, 6.07) is 51.0. The second-order valence-electron chi connectivity index (χ2n) is 15.3. The molecule has 0 radical (unpaired) electrons. The number of carboxylic acid groups (broad SMARTS) is 1. The van der Waals surface area contributed by atoms with E-state index in [1.165, 1.54) is 6.08 Å². The fourth-order valence-corrected chi connectivity index (χ4v) is 6.89. The maximum atomic E-state index is 11.5. The Kier molecular flexibility index (Phi) is 13.6. The van der Waals surface area contributed by atoms with Gasteiger partial charge in [0, 0.05) is 113 Å². The van der Waals surface area contributed by atoms with Crippen molar-refractivity contribution in [3.63, 3.8) is 0 Å². The van der Waals surface area contributed by atoms with Gasteiger partial charge in [0.25, 0.3) is 5.70 Å². The molecule has 6 aromatic rings. The van der Waals surface area contributed by atoms with Gasteiger partial charge in [-0.05, 0) is 144 Å². The quantitative estimate of drug-likeness (QED) is 0.0625. The largest absolute Gasteiger partial charge is 0.486 e. The number of nitrogens with zero attached hydrogens (tertiary/aromatic N) is 7. The SMILES string of the molecule is [C-]#[N+]C(=CC=CC=C(c1ccc(N(c2ccc(N(C)C)cc2)c2ccc(N(C)C)cc2)cc1)c1ccc(N(c2ccc(N(C)C)cc2)c2ccc(N(C)C)cc2)cc1)C(=O)O. The number of hydrogen-bond donors (Lipinski definition) is 1. The molecule has 0 bridgehead atoms. The van der Waals surface area contributed by atoms with Crippen LogP contribution in [0.2, 0.25) is 0 Å². The minimum Gasteiger partial charge on any atom is -0.486 e. The van der Waals surface area contributed by atoms with Crippen LogP contribution >= 0.6 is 0 Å². The maximum Gasteiger partial charge on any atom is 0.333 e. The standard InChI is InChI=1S/C52H53N7O2/c1-53-51(52(60)61)13-11-10-12-50(38-14-18-44(19-15-38)58(46-30-22-40(23-31-46)54(2)3)47-32-24-41(25-33-47)55(4)5)39-16-20-45(21-17-39)59(48-34-26-42(27-35-48)56(6)7)49-36-28-43(29-37-49)57(8)9/h10-37H,2-9H3,(H,60,61). The topological polar surface area (TPSA) is 61.1 Å². The molecule has 0 aromatic heterocycles. The van der Waals surface area contributed by atoms with Gasteiger partial charge in [-0.2, -0.15) is 0 Å². The van der Waals surface area contributed by atoms with Crippen molar-refractivity contribution in [1.82, 2.24) is 0 Å². The van der Waals surface area contributed by atoms with Crippen molar-refractivity contribution in [3.8, 4) is 0 Å². The molecule has 0 fully saturated rings. The second-order valence-corrected chi connectivity index (χ2v) is 15.3. The predicted octanol–water partition coefficient (Wildman–Crippen LogP) is 11.8. The van der Waals surface area contributed by atoms with Gasteiger partial charge in [-0.3, -0.25) is 4.79 Å². The lowest BCUT2D eigenvalue weighted by atomic mass is 9.96. The zero-order valence-electron chi connectivity index (χ0n) is 36.2. The Morgan fingerprint density at radius 2 is 0.639 bits per heavy atom. The van der Waals surface area contributed by atoms with Crippen molar-refractivity contribution in [2.45, 2.75) is 0 Å². The molecule has 0 unspecified atom stereocenters. The van der Waals surface area contributed by atoms with Crippen LogP contribution in [0.3, 0.4) is 0 Å². The molecule has 61 heavy (non-hydrogen) atoms. The lowest BCUT2D eigenvalue weighted by Crippen LogP contribution is -2.13. The fourth-order valence-electron chi connectivity index (χ4n) is 6.89. The van der Waals surface area contributed by atoms with Crippen LogP contribution in [0.15, 0.2) is 176 Å². The van der Waals surface area contributed by atoms with Crippen LogP contribution in [-0.4, -0.2) is 67.5 Å². The summed E-state index contributed by atoms with van der Waals surface area (Å²) >= 11 is 0. The first-order chi connectivity index (χ1) is 29.3. The molecule has 6 rings (SSSR count). The zero-order chi connectivity index (χ0) is 43.6. The number of anilines is 10. The molecule has 0 aliphatic carbocycles. The van der Waals surface area contributed by atoms with Crippen molar-refractivity contribution in [1.29, 1.82) is 0 Å². The molecule has 0 saturated carbocycles. The van der Waals surface area contributed by atoms with E-state index in [1.807, 2.05) is 62.5 Å². The molecule has 308 valence electrons. The van der Waals surface area contributed by atoms with Gasteiger partial charge in [-0.15, -0.1) is 0 Å². The van der Waals surface area contributed by atoms with Crippen molar-refractivity contribution in [3.05, 3.63) is 198 Å². The Balaban J connectivity index is 1.42. The van der Waals surface area contributed by atoms with E-state index in [1.54, 1.807) is 12.2 Å². The lowest BCUT2D eigenvalue weighted by molar-refractivity contribution is -0.132. The van der Waals surface area contributed by atoms with E-state index in [-0.39, 0.29) is 5.70 Å². The Labute approximate surface area is 361 Å². The molecular formula is C52H53N7O2. The van der Waals surface area contributed by atoms with Gasteiger partial charge in [0.1, 0.15) is 0 Å². The molecule has 0 heterocycles. The first kappa shape index (κ1) is 42.9. The molecule has 0 atom stereocenters. The number of aliphatic carboxylic acids is 1. The molecule has 0 aliphatic heterocycles. The monoisotopic (exact) mass is 807 g/mol. The minimum atomic E-state index is -1.26. The summed E-state index contributed by atoms with van der Waals surface area (Å²) in [6.45, 7) is 7.26. The predicted molar refractivity (Wildman–Crippen MR) is 258 cm³/mol. The summed E-state index contributed by atoms with van der Waals surface area (Å²) in [6.07, 6.45) is 6.65. The average molecular weight is 808 g/mol. The molecule has 0 saturated heterocycles. The van der Waals surface area contributed by atoms with Crippen LogP contribution in [0, 0.1) is 6.57 Å². The highest BCUT2D eigenvalue weighted by Gasteiger charge is 2.17. The van der Waals surface area contributed by atoms with E-state index in [4.69, 9.17) is 6.57 Å². The van der Waals surface area contributed by atoms with Crippen LogP contribution in [-0.2, 0) is 4.79 Å². The van der Waals surface area contributed by atoms with Crippen molar-refractivity contribution in [2.24, 2.45) is 0 Å². The molecule has 1 N–H and O–H groups in total. The summed E-state index contributed by atoms with van der Waals surface area (Å²) in [4.78, 5) is 27.5. The summed E-state index contributed by atoms with van der Waals surface area (Å²) in [5.41, 5.74) is 13.1. The molecule has 9 nitrogen and oxygen atoms in total. The molecule has 0 aliphatic rings. The van der Waals surface area contributed by atoms with Gasteiger partial charge in [0.2, 0.25) is 0 Å². The van der Waals surface area contributed by atoms with E-state index in [2.05, 4.69) is 180 Å². The first-order valence-corrected chi connectivity index (χ1v) is 19.9. The third-order valence-electron chi connectivity index (χ3n) is 10.3. The zero-order valence-corrected chi connectivity index (χ0v) is 36.2. The van der Waals surface area contributed by atoms with E-state index < -0.39 is 5.97 Å². The van der Waals surface area contributed by atoms with Gasteiger partial charge < -0.3 is 34.5 Å². The highest BCUT2D eigenvalue weighted by atomic mass is 16.4. The highest BCUT2D eigenvalue weighted by molar-refractivity contribution is 5.89. The molecule has 9 heteroatoms. The number of hydrogen-bond acceptors (Lipinski definition) is 7. The van der Waals surface area contributed by atoms with Crippen LogP contribution in [0.25, 0.3) is 10.4 Å². The van der Waals surface area contributed by atoms with Crippen LogP contribution < -0.4 is 29.4 Å². The summed E-state index contributed by atoms with van der Waals surface area (Å²) < 4.78 is 0. The summed E-state index contributed by atoms with van der Waals surface area (Å²) in [5.74, 6) is -1.26. The number of rotatable bonds is 15. The number of allylic oxidation sites excluding steroid dienone is 4. The second kappa shape index (κ2) is 19.4. The van der Waals surface area contributed by atoms with E-state index in [0.29, 0.717) is 0 Å². The average Bonchev–Trinajstić information content (AvgIpc) is 3.26. The fraction of sp³-hybridized carbons (Fsp3) is 0.154. The van der Waals surface area contributed by atoms with E-state index >= 15 is 0 Å². The summed E-state index contributed by atoms with van der Waals surface area (Å²) in [5, 5.41) is 9.41. The van der Waals surface area contributed by atoms with Gasteiger partial charge >= 0.3 is 5.97 Å². The number of carboxylic acids is 1. The molecule has 0 spiro atoms. The van der Waals surface area contributed by atoms with Crippen molar-refractivity contribution >= 4 is 68.4 Å². The van der Waals surface area contributed by atoms with Crippen molar-refractivity contribution < 1.29 is 9.90 Å². The Morgan fingerprint density at radius 3 is 0.869 bits per heavy atom. The van der Waals surface area contributed by atoms with Crippen molar-refractivity contribution in [2.75, 3.05) is 85.8 Å². The van der Waals surface area contributed by atoms with Crippen LogP contribution in [0.5, 0.6) is 0 Å². The first-order valence-electron chi connectivity index (χ1n) is 19.9. The maximum absolute atomic E-state index is 11.5. The van der Waals surface area contributed by atoms with E-state index in [9.17, 15) is 9.90 Å². The Morgan fingerprint density at radius 1 is 0.410 bits per heavy atom. The van der Waals surface area contributed by atoms with Gasteiger partial charge in [-0.1, -0.05) is 42.5 Å². The lowest BCUT2D eigenvalue weighted by Gasteiger charge is -2.27. The normalized spacial score (nSPS) is 11.1. The molecule has 0 amide bonds. The number of carbonyl (C=O) groups is 1. The van der Waals surface area contributed by atoms with Gasteiger partial charge in [0.05, 0.1) is 6.57 Å². The number of benzene rings is 6. The smallest absolute Gasteiger partial charge is 0.333 e. The molecular weight excluding hydrogens is 755 g/mol. The minimum absolute atomic E-state index is 0.352. The van der Waals surface area contributed by atoms with Gasteiger partial charge in [0.15, 0.2) is 0 Å². The van der Waals surface area contributed by atoms with Crippen LogP contribution in [0.1, 0.15) is 11.1 Å². The van der Waals surface area contributed by atoms with Gasteiger partial charge in [-0.25, -0.2) is 4.85 Å². The van der Waals surface area contributed by atoms with E-state index in [0.717, 1.165) is 73.6 Å². The van der Waals surface area contributed by atoms with Crippen LogP contribution in [0.4, 0.5) is 56.9 Å². The Hall–Kier alpha value is -7.70. The Bertz CT molecular complexity index is 2270. The summed E-state index contributed by atoms with van der Waals surface area (Å²) in [7, 11) is 16.3. The third kappa shape index (κ3) is 10.3. The molecule has 6 aromatic carbocycles.